The zero-order valence-electron chi connectivity index (χ0n) is 17.9. The average Bonchev–Trinajstić information content (AvgIpc) is 3.41. The minimum Gasteiger partial charge on any atom is -0.454 e. The third kappa shape index (κ3) is 4.79. The summed E-state index contributed by atoms with van der Waals surface area (Å²) in [6.07, 6.45) is 5.15. The van der Waals surface area contributed by atoms with Crippen molar-refractivity contribution in [2.24, 2.45) is 0 Å². The maximum Gasteiger partial charge on any atom is 0.243 e. The summed E-state index contributed by atoms with van der Waals surface area (Å²) >= 11 is 0. The molecule has 166 valence electrons. The van der Waals surface area contributed by atoms with E-state index in [0.717, 1.165) is 43.1 Å². The Bertz CT molecular complexity index is 1060. The summed E-state index contributed by atoms with van der Waals surface area (Å²) in [5, 5.41) is 0. The second kappa shape index (κ2) is 8.78. The van der Waals surface area contributed by atoms with Gasteiger partial charge in [0.1, 0.15) is 6.54 Å². The van der Waals surface area contributed by atoms with Crippen LogP contribution in [0.25, 0.3) is 0 Å². The van der Waals surface area contributed by atoms with Crippen molar-refractivity contribution in [2.75, 3.05) is 23.9 Å². The molecule has 7 nitrogen and oxygen atoms in total. The van der Waals surface area contributed by atoms with Gasteiger partial charge in [0.2, 0.25) is 22.7 Å². The maximum absolute atomic E-state index is 13.5. The standard InChI is InChI=1S/C23H28N2O5S/c1-17-7-3-6-10-20(17)25(31(2,27)28)15-23(26)24(19-8-4-5-9-19)14-18-11-12-21-22(13-18)30-16-29-21/h3,6-7,10-13,19H,4-5,8-9,14-16H2,1-2H3. The largest absolute Gasteiger partial charge is 0.454 e. The van der Waals surface area contributed by atoms with Gasteiger partial charge in [0.15, 0.2) is 11.5 Å². The highest BCUT2D eigenvalue weighted by atomic mass is 32.2. The summed E-state index contributed by atoms with van der Waals surface area (Å²) < 4.78 is 37.2. The maximum atomic E-state index is 13.5. The van der Waals surface area contributed by atoms with Gasteiger partial charge in [0.05, 0.1) is 11.9 Å². The Morgan fingerprint density at radius 2 is 1.77 bits per heavy atom. The number of rotatable bonds is 7. The first-order valence-corrected chi connectivity index (χ1v) is 12.4. The zero-order chi connectivity index (χ0) is 22.0. The van der Waals surface area contributed by atoms with E-state index >= 15 is 0 Å². The van der Waals surface area contributed by atoms with Crippen molar-refractivity contribution in [1.29, 1.82) is 0 Å². The van der Waals surface area contributed by atoms with Crippen LogP contribution in [0.2, 0.25) is 0 Å². The molecule has 0 saturated heterocycles. The van der Waals surface area contributed by atoms with Crippen LogP contribution in [0.15, 0.2) is 42.5 Å². The van der Waals surface area contributed by atoms with Crippen LogP contribution >= 0.6 is 0 Å². The molecule has 2 aromatic rings. The normalized spacial score (nSPS) is 15.8. The Morgan fingerprint density at radius 1 is 1.06 bits per heavy atom. The van der Waals surface area contributed by atoms with E-state index < -0.39 is 10.0 Å². The molecule has 31 heavy (non-hydrogen) atoms. The average molecular weight is 445 g/mol. The van der Waals surface area contributed by atoms with Crippen molar-refractivity contribution in [2.45, 2.75) is 45.2 Å². The number of amides is 1. The summed E-state index contributed by atoms with van der Waals surface area (Å²) in [6.45, 7) is 2.24. The number of sulfonamides is 1. The van der Waals surface area contributed by atoms with E-state index in [0.29, 0.717) is 23.7 Å². The molecule has 0 radical (unpaired) electrons. The van der Waals surface area contributed by atoms with E-state index in [2.05, 4.69) is 0 Å². The van der Waals surface area contributed by atoms with Crippen molar-refractivity contribution < 1.29 is 22.7 Å². The first-order chi connectivity index (χ1) is 14.8. The molecule has 1 fully saturated rings. The SMILES string of the molecule is Cc1ccccc1N(CC(=O)N(Cc1ccc2c(c1)OCO2)C1CCCC1)S(C)(=O)=O. The molecule has 0 spiro atoms. The van der Waals surface area contributed by atoms with Crippen LogP contribution in [0.1, 0.15) is 36.8 Å². The van der Waals surface area contributed by atoms with E-state index in [9.17, 15) is 13.2 Å². The van der Waals surface area contributed by atoms with Crippen LogP contribution in [0, 0.1) is 6.92 Å². The number of nitrogens with zero attached hydrogens (tertiary/aromatic N) is 2. The van der Waals surface area contributed by atoms with Gasteiger partial charge in [-0.05, 0) is 49.1 Å². The fraction of sp³-hybridized carbons (Fsp3) is 0.435. The quantitative estimate of drug-likeness (QED) is 0.654. The number of fused-ring (bicyclic) bond motifs is 1. The van der Waals surface area contributed by atoms with E-state index in [1.807, 2.05) is 42.2 Å². The summed E-state index contributed by atoms with van der Waals surface area (Å²) in [6, 6.07) is 13.0. The van der Waals surface area contributed by atoms with Gasteiger partial charge < -0.3 is 14.4 Å². The van der Waals surface area contributed by atoms with Gasteiger partial charge in [-0.15, -0.1) is 0 Å². The molecule has 0 N–H and O–H groups in total. The highest BCUT2D eigenvalue weighted by Crippen LogP contribution is 2.34. The van der Waals surface area contributed by atoms with Crippen LogP contribution in [-0.4, -0.2) is 44.9 Å². The van der Waals surface area contributed by atoms with E-state index in [-0.39, 0.29) is 25.3 Å². The molecule has 0 aromatic heterocycles. The smallest absolute Gasteiger partial charge is 0.243 e. The first-order valence-electron chi connectivity index (χ1n) is 10.5. The number of carbonyl (C=O) groups is 1. The van der Waals surface area contributed by atoms with Gasteiger partial charge in [0, 0.05) is 12.6 Å². The fourth-order valence-corrected chi connectivity index (χ4v) is 5.22. The van der Waals surface area contributed by atoms with Crippen molar-refractivity contribution in [1.82, 2.24) is 4.90 Å². The van der Waals surface area contributed by atoms with Crippen molar-refractivity contribution >= 4 is 21.6 Å². The van der Waals surface area contributed by atoms with E-state index in [1.165, 1.54) is 4.31 Å². The second-order valence-electron chi connectivity index (χ2n) is 8.20. The second-order valence-corrected chi connectivity index (χ2v) is 10.1. The minimum absolute atomic E-state index is 0.108. The molecule has 1 aliphatic heterocycles. The number of hydrogen-bond acceptors (Lipinski definition) is 5. The lowest BCUT2D eigenvalue weighted by molar-refractivity contribution is -0.132. The monoisotopic (exact) mass is 444 g/mol. The Hall–Kier alpha value is -2.74. The molecule has 2 aromatic carbocycles. The van der Waals surface area contributed by atoms with Gasteiger partial charge in [-0.25, -0.2) is 8.42 Å². The van der Waals surface area contributed by atoms with Crippen LogP contribution in [0.3, 0.4) is 0 Å². The Kier molecular flexibility index (Phi) is 6.09. The molecule has 8 heteroatoms. The number of anilines is 1. The fourth-order valence-electron chi connectivity index (χ4n) is 4.31. The van der Waals surface area contributed by atoms with Gasteiger partial charge in [-0.1, -0.05) is 37.1 Å². The summed E-state index contributed by atoms with van der Waals surface area (Å²) in [4.78, 5) is 15.3. The van der Waals surface area contributed by atoms with Crippen LogP contribution < -0.4 is 13.8 Å². The lowest BCUT2D eigenvalue weighted by atomic mass is 10.1. The third-order valence-electron chi connectivity index (χ3n) is 5.94. The molecule has 4 rings (SSSR count). The highest BCUT2D eigenvalue weighted by molar-refractivity contribution is 7.92. The van der Waals surface area contributed by atoms with Gasteiger partial charge in [-0.2, -0.15) is 0 Å². The van der Waals surface area contributed by atoms with Crippen LogP contribution in [0.5, 0.6) is 11.5 Å². The number of aryl methyl sites for hydroxylation is 1. The topological polar surface area (TPSA) is 76.2 Å². The van der Waals surface area contributed by atoms with Crippen molar-refractivity contribution in [3.05, 3.63) is 53.6 Å². The summed E-state index contributed by atoms with van der Waals surface area (Å²) in [5.74, 6) is 1.18. The Balaban J connectivity index is 1.60. The molecular weight excluding hydrogens is 416 g/mol. The van der Waals surface area contributed by atoms with E-state index in [4.69, 9.17) is 9.47 Å². The predicted octanol–water partition coefficient (Wildman–Crippen LogP) is 3.46. The molecule has 1 amide bonds. The first kappa shape index (κ1) is 21.5. The lowest BCUT2D eigenvalue weighted by Gasteiger charge is -2.32. The Morgan fingerprint density at radius 3 is 2.48 bits per heavy atom. The van der Waals surface area contributed by atoms with Gasteiger partial charge in [-0.3, -0.25) is 9.10 Å². The number of hydrogen-bond donors (Lipinski definition) is 0. The number of para-hydroxylation sites is 1. The van der Waals surface area contributed by atoms with E-state index in [1.54, 1.807) is 12.1 Å². The van der Waals surface area contributed by atoms with Crippen LogP contribution in [0.4, 0.5) is 5.69 Å². The molecule has 1 aliphatic carbocycles. The van der Waals surface area contributed by atoms with Gasteiger partial charge in [0.25, 0.3) is 0 Å². The molecule has 2 aliphatic rings. The zero-order valence-corrected chi connectivity index (χ0v) is 18.7. The summed E-state index contributed by atoms with van der Waals surface area (Å²) in [7, 11) is -3.62. The van der Waals surface area contributed by atoms with Crippen molar-refractivity contribution in [3.8, 4) is 11.5 Å². The molecule has 1 saturated carbocycles. The Labute approximate surface area is 183 Å². The number of benzene rings is 2. The molecule has 0 atom stereocenters. The third-order valence-corrected chi connectivity index (χ3v) is 7.07. The summed E-state index contributed by atoms with van der Waals surface area (Å²) in [5.41, 5.74) is 2.28. The molecule has 0 unspecified atom stereocenters. The lowest BCUT2D eigenvalue weighted by Crippen LogP contribution is -2.46. The number of carbonyl (C=O) groups excluding carboxylic acids is 1. The van der Waals surface area contributed by atoms with Crippen molar-refractivity contribution in [3.63, 3.8) is 0 Å². The molecule has 0 bridgehead atoms. The van der Waals surface area contributed by atoms with Crippen LogP contribution in [-0.2, 0) is 21.4 Å². The number of ether oxygens (including phenoxy) is 2. The highest BCUT2D eigenvalue weighted by Gasteiger charge is 2.31. The molecule has 1 heterocycles. The minimum atomic E-state index is -3.62. The predicted molar refractivity (Wildman–Crippen MR) is 119 cm³/mol. The van der Waals surface area contributed by atoms with Gasteiger partial charge >= 0.3 is 0 Å². The molecular formula is C23H28N2O5S.